The number of sulfonamides is 1. The fourth-order valence-corrected chi connectivity index (χ4v) is 3.49. The summed E-state index contributed by atoms with van der Waals surface area (Å²) >= 11 is 0. The second-order valence-electron chi connectivity index (χ2n) is 4.64. The smallest absolute Gasteiger partial charge is 0.328 e. The van der Waals surface area contributed by atoms with Crippen molar-refractivity contribution in [3.63, 3.8) is 0 Å². The fourth-order valence-electron chi connectivity index (χ4n) is 2.18. The van der Waals surface area contributed by atoms with Crippen LogP contribution in [0, 0.1) is 0 Å². The van der Waals surface area contributed by atoms with Gasteiger partial charge >= 0.3 is 5.97 Å². The second kappa shape index (κ2) is 4.64. The van der Waals surface area contributed by atoms with Gasteiger partial charge in [-0.2, -0.15) is 0 Å². The molecule has 3 rings (SSSR count). The van der Waals surface area contributed by atoms with Crippen molar-refractivity contribution in [2.24, 2.45) is 0 Å². The molecule has 2 aliphatic rings. The third-order valence-electron chi connectivity index (χ3n) is 3.22. The van der Waals surface area contributed by atoms with Gasteiger partial charge in [-0.25, -0.2) is 17.9 Å². The van der Waals surface area contributed by atoms with Crippen LogP contribution < -0.4 is 4.72 Å². The minimum absolute atomic E-state index is 0.0321. The predicted octanol–water partition coefficient (Wildman–Crippen LogP) is -0.567. The summed E-state index contributed by atoms with van der Waals surface area (Å²) in [6.07, 6.45) is 0.0321. The van der Waals surface area contributed by atoms with Crippen LogP contribution in [0.15, 0.2) is 24.3 Å². The molecule has 0 aromatic heterocycles. The minimum atomic E-state index is -3.49. The molecule has 1 atom stereocenters. The van der Waals surface area contributed by atoms with Crippen LogP contribution in [0.3, 0.4) is 0 Å². The Bertz CT molecular complexity index is 722. The lowest BCUT2D eigenvalue weighted by Crippen LogP contribution is -2.41. The zero-order valence-electron chi connectivity index (χ0n) is 10.6. The van der Waals surface area contributed by atoms with Crippen molar-refractivity contribution in [1.82, 2.24) is 9.79 Å². The topological polar surface area (TPSA) is 110 Å². The average molecular weight is 310 g/mol. The van der Waals surface area contributed by atoms with Crippen LogP contribution in [0.1, 0.15) is 27.1 Å². The summed E-state index contributed by atoms with van der Waals surface area (Å²) in [5.74, 6) is -2.67. The first-order valence-corrected chi connectivity index (χ1v) is 7.74. The lowest BCUT2D eigenvalue weighted by molar-refractivity contribution is -0.170. The van der Waals surface area contributed by atoms with Crippen molar-refractivity contribution in [3.05, 3.63) is 35.4 Å². The van der Waals surface area contributed by atoms with Crippen LogP contribution in [0.25, 0.3) is 0 Å². The van der Waals surface area contributed by atoms with E-state index in [1.807, 2.05) is 0 Å². The first-order valence-electron chi connectivity index (χ1n) is 6.09. The number of fused-ring (bicyclic) bond motifs is 1. The molecule has 1 aromatic rings. The van der Waals surface area contributed by atoms with Crippen molar-refractivity contribution >= 4 is 27.8 Å². The largest absolute Gasteiger partial charge is 0.351 e. The number of imide groups is 1. The van der Waals surface area contributed by atoms with Gasteiger partial charge in [0.2, 0.25) is 10.0 Å². The monoisotopic (exact) mass is 310 g/mol. The molecular formula is C12H10N2O6S. The van der Waals surface area contributed by atoms with Gasteiger partial charge in [0.1, 0.15) is 6.04 Å². The third-order valence-corrected chi connectivity index (χ3v) is 4.64. The number of carbonyl (C=O) groups is 3. The summed E-state index contributed by atoms with van der Waals surface area (Å²) in [5, 5.41) is 0.361. The van der Waals surface area contributed by atoms with Crippen LogP contribution in [-0.4, -0.2) is 43.1 Å². The molecule has 21 heavy (non-hydrogen) atoms. The van der Waals surface area contributed by atoms with Crippen molar-refractivity contribution in [2.75, 3.05) is 5.75 Å². The molecule has 1 unspecified atom stereocenters. The van der Waals surface area contributed by atoms with Crippen LogP contribution in [-0.2, 0) is 19.7 Å². The Morgan fingerprint density at radius 1 is 1.19 bits per heavy atom. The van der Waals surface area contributed by atoms with Crippen molar-refractivity contribution in [1.29, 1.82) is 0 Å². The molecule has 0 saturated carbocycles. The Morgan fingerprint density at radius 3 is 2.24 bits per heavy atom. The Morgan fingerprint density at radius 2 is 1.76 bits per heavy atom. The first-order chi connectivity index (χ1) is 9.89. The van der Waals surface area contributed by atoms with E-state index in [1.54, 1.807) is 12.1 Å². The van der Waals surface area contributed by atoms with Crippen LogP contribution in [0.2, 0.25) is 0 Å². The number of benzene rings is 1. The quantitative estimate of drug-likeness (QED) is 0.733. The third kappa shape index (κ3) is 2.30. The SMILES string of the molecule is O=C(ON1C(=O)c2ccccc2C1=O)C1CCS(=O)(=O)N1. The lowest BCUT2D eigenvalue weighted by atomic mass is 10.1. The average Bonchev–Trinajstić information content (AvgIpc) is 2.93. The van der Waals surface area contributed by atoms with E-state index in [0.717, 1.165) is 0 Å². The molecule has 1 fully saturated rings. The van der Waals surface area contributed by atoms with E-state index in [4.69, 9.17) is 4.84 Å². The number of carbonyl (C=O) groups excluding carboxylic acids is 3. The van der Waals surface area contributed by atoms with Gasteiger partial charge in [-0.05, 0) is 18.6 Å². The molecule has 0 spiro atoms. The van der Waals surface area contributed by atoms with Crippen LogP contribution >= 0.6 is 0 Å². The molecule has 1 aromatic carbocycles. The molecule has 9 heteroatoms. The van der Waals surface area contributed by atoms with Crippen LogP contribution in [0.4, 0.5) is 0 Å². The normalized spacial score (nSPS) is 23.2. The Hall–Kier alpha value is -2.26. The summed E-state index contributed by atoms with van der Waals surface area (Å²) < 4.78 is 24.6. The molecule has 2 amide bonds. The Labute approximate surface area is 119 Å². The maximum absolute atomic E-state index is 12.0. The minimum Gasteiger partial charge on any atom is -0.328 e. The highest BCUT2D eigenvalue weighted by Gasteiger charge is 2.41. The number of rotatable bonds is 2. The molecule has 1 N–H and O–H groups in total. The molecule has 2 heterocycles. The highest BCUT2D eigenvalue weighted by atomic mass is 32.2. The highest BCUT2D eigenvalue weighted by molar-refractivity contribution is 7.89. The maximum atomic E-state index is 12.0. The van der Waals surface area contributed by atoms with Crippen molar-refractivity contribution in [2.45, 2.75) is 12.5 Å². The van der Waals surface area contributed by atoms with E-state index in [1.165, 1.54) is 12.1 Å². The lowest BCUT2D eigenvalue weighted by Gasteiger charge is -2.15. The summed E-state index contributed by atoms with van der Waals surface area (Å²) in [6.45, 7) is 0. The van der Waals surface area contributed by atoms with Gasteiger partial charge in [0.25, 0.3) is 11.8 Å². The molecule has 2 aliphatic heterocycles. The second-order valence-corrected chi connectivity index (χ2v) is 6.51. The predicted molar refractivity (Wildman–Crippen MR) is 68.4 cm³/mol. The number of hydrogen-bond acceptors (Lipinski definition) is 6. The molecule has 110 valence electrons. The van der Waals surface area contributed by atoms with E-state index < -0.39 is 33.8 Å². The number of hydroxylamine groups is 2. The molecule has 8 nitrogen and oxygen atoms in total. The van der Waals surface area contributed by atoms with Crippen molar-refractivity contribution in [3.8, 4) is 0 Å². The van der Waals surface area contributed by atoms with Gasteiger partial charge in [-0.1, -0.05) is 17.2 Å². The Kier molecular flexibility index (Phi) is 3.03. The highest BCUT2D eigenvalue weighted by Crippen LogP contribution is 2.23. The molecule has 1 saturated heterocycles. The molecule has 0 bridgehead atoms. The number of nitrogens with one attached hydrogen (secondary N) is 1. The summed E-state index contributed by atoms with van der Waals surface area (Å²) in [7, 11) is -3.49. The molecule has 0 aliphatic carbocycles. The van der Waals surface area contributed by atoms with E-state index in [0.29, 0.717) is 5.06 Å². The van der Waals surface area contributed by atoms with Gasteiger partial charge in [0, 0.05) is 0 Å². The summed E-state index contributed by atoms with van der Waals surface area (Å²) in [5.41, 5.74) is 0.282. The van der Waals surface area contributed by atoms with Gasteiger partial charge in [-0.3, -0.25) is 9.59 Å². The Balaban J connectivity index is 1.77. The summed E-state index contributed by atoms with van der Waals surface area (Å²) in [4.78, 5) is 40.5. The zero-order chi connectivity index (χ0) is 15.2. The summed E-state index contributed by atoms with van der Waals surface area (Å²) in [6, 6.07) is 4.98. The van der Waals surface area contributed by atoms with E-state index in [-0.39, 0.29) is 23.3 Å². The van der Waals surface area contributed by atoms with Gasteiger partial charge in [0.05, 0.1) is 16.9 Å². The number of nitrogens with zero attached hydrogens (tertiary/aromatic N) is 1. The van der Waals surface area contributed by atoms with Crippen molar-refractivity contribution < 1.29 is 27.6 Å². The standard InChI is InChI=1S/C12H10N2O6S/c15-10-7-3-1-2-4-8(7)11(16)14(10)20-12(17)9-5-6-21(18,19)13-9/h1-4,9,13H,5-6H2. The van der Waals surface area contributed by atoms with Crippen LogP contribution in [0.5, 0.6) is 0 Å². The van der Waals surface area contributed by atoms with Gasteiger partial charge in [-0.15, -0.1) is 0 Å². The number of amides is 2. The van der Waals surface area contributed by atoms with E-state index >= 15 is 0 Å². The van der Waals surface area contributed by atoms with Gasteiger partial charge in [0.15, 0.2) is 0 Å². The fraction of sp³-hybridized carbons (Fsp3) is 0.250. The first kappa shape index (κ1) is 13.7. The molecular weight excluding hydrogens is 300 g/mol. The zero-order valence-corrected chi connectivity index (χ0v) is 11.4. The maximum Gasteiger partial charge on any atom is 0.351 e. The van der Waals surface area contributed by atoms with E-state index in [2.05, 4.69) is 4.72 Å². The number of hydrogen-bond donors (Lipinski definition) is 1. The van der Waals surface area contributed by atoms with E-state index in [9.17, 15) is 22.8 Å². The molecule has 0 radical (unpaired) electrons. The van der Waals surface area contributed by atoms with Gasteiger partial charge < -0.3 is 4.84 Å².